The van der Waals surface area contributed by atoms with Gasteiger partial charge in [-0.1, -0.05) is 15.9 Å². The maximum atomic E-state index is 5.23. The number of fused-ring (bicyclic) bond motifs is 1. The fourth-order valence-corrected chi connectivity index (χ4v) is 2.63. The molecule has 0 saturated heterocycles. The second-order valence-corrected chi connectivity index (χ2v) is 4.05. The largest absolute Gasteiger partial charge is 0.496 e. The summed E-state index contributed by atoms with van der Waals surface area (Å²) in [5, 5.41) is 6.61. The lowest BCUT2D eigenvalue weighted by atomic mass is 10.2. The van der Waals surface area contributed by atoms with Gasteiger partial charge in [-0.15, -0.1) is 0 Å². The number of ether oxygens (including phenoxy) is 1. The van der Waals surface area contributed by atoms with Crippen molar-refractivity contribution in [2.75, 3.05) is 7.11 Å². The van der Waals surface area contributed by atoms with E-state index in [4.69, 9.17) is 4.74 Å². The highest BCUT2D eigenvalue weighted by Crippen LogP contribution is 2.33. The molecule has 2 aromatic rings. The van der Waals surface area contributed by atoms with Crippen LogP contribution in [0.15, 0.2) is 27.4 Å². The van der Waals surface area contributed by atoms with Gasteiger partial charge in [-0.2, -0.15) is 11.3 Å². The molecule has 1 heterocycles. The van der Waals surface area contributed by atoms with Crippen LogP contribution in [0.5, 0.6) is 5.75 Å². The van der Waals surface area contributed by atoms with E-state index in [1.807, 2.05) is 12.1 Å². The van der Waals surface area contributed by atoms with Gasteiger partial charge in [0.1, 0.15) is 5.75 Å². The van der Waals surface area contributed by atoms with Gasteiger partial charge in [0.15, 0.2) is 0 Å². The number of rotatable bonds is 1. The predicted molar refractivity (Wildman–Crippen MR) is 56.1 cm³/mol. The van der Waals surface area contributed by atoms with Crippen molar-refractivity contribution in [1.29, 1.82) is 0 Å². The molecule has 0 bridgehead atoms. The van der Waals surface area contributed by atoms with E-state index in [9.17, 15) is 0 Å². The first kappa shape index (κ1) is 8.08. The predicted octanol–water partition coefficient (Wildman–Crippen LogP) is 3.67. The molecule has 0 saturated carbocycles. The van der Waals surface area contributed by atoms with E-state index in [0.717, 1.165) is 10.2 Å². The summed E-state index contributed by atoms with van der Waals surface area (Å²) < 4.78 is 6.35. The van der Waals surface area contributed by atoms with Crippen molar-refractivity contribution < 1.29 is 4.74 Å². The molecule has 0 amide bonds. The second kappa shape index (κ2) is 3.07. The van der Waals surface area contributed by atoms with E-state index < -0.39 is 0 Å². The highest BCUT2D eigenvalue weighted by atomic mass is 79.9. The van der Waals surface area contributed by atoms with Gasteiger partial charge < -0.3 is 4.74 Å². The Labute approximate surface area is 83.1 Å². The fraction of sp³-hybridized carbons (Fsp3) is 0.111. The van der Waals surface area contributed by atoms with Gasteiger partial charge in [-0.3, -0.25) is 0 Å². The summed E-state index contributed by atoms with van der Waals surface area (Å²) >= 11 is 5.18. The molecule has 0 atom stereocenters. The van der Waals surface area contributed by atoms with E-state index in [1.54, 1.807) is 18.4 Å². The summed E-state index contributed by atoms with van der Waals surface area (Å²) in [5.74, 6) is 0.939. The standard InChI is InChI=1S/C9H7BrOS/c1-11-9-3-2-8(10)6-4-12-5-7(6)9/h2-5H,1H3. The van der Waals surface area contributed by atoms with Crippen molar-refractivity contribution in [3.63, 3.8) is 0 Å². The molecule has 1 nitrogen and oxygen atoms in total. The van der Waals surface area contributed by atoms with Gasteiger partial charge >= 0.3 is 0 Å². The lowest BCUT2D eigenvalue weighted by Gasteiger charge is -2.01. The Bertz CT molecular complexity index is 408. The molecule has 0 aliphatic carbocycles. The van der Waals surface area contributed by atoms with E-state index in [-0.39, 0.29) is 0 Å². The molecule has 0 spiro atoms. The van der Waals surface area contributed by atoms with Crippen molar-refractivity contribution in [3.05, 3.63) is 27.4 Å². The third kappa shape index (κ3) is 1.13. The van der Waals surface area contributed by atoms with Crippen LogP contribution in [0.25, 0.3) is 10.8 Å². The molecule has 0 fully saturated rings. The molecular weight excluding hydrogens is 236 g/mol. The van der Waals surface area contributed by atoms with Gasteiger partial charge in [0, 0.05) is 20.6 Å². The third-order valence-corrected chi connectivity index (χ3v) is 3.22. The van der Waals surface area contributed by atoms with E-state index in [0.29, 0.717) is 0 Å². The van der Waals surface area contributed by atoms with Crippen LogP contribution in [0.4, 0.5) is 0 Å². The monoisotopic (exact) mass is 242 g/mol. The SMILES string of the molecule is COc1ccc(Br)c2cscc12. The summed E-state index contributed by atoms with van der Waals surface area (Å²) in [6, 6.07) is 3.98. The zero-order chi connectivity index (χ0) is 8.55. The number of benzene rings is 1. The minimum absolute atomic E-state index is 0.939. The summed E-state index contributed by atoms with van der Waals surface area (Å²) in [7, 11) is 1.69. The fourth-order valence-electron chi connectivity index (χ4n) is 1.18. The van der Waals surface area contributed by atoms with Crippen LogP contribution < -0.4 is 4.74 Å². The van der Waals surface area contributed by atoms with Crippen molar-refractivity contribution in [1.82, 2.24) is 0 Å². The van der Waals surface area contributed by atoms with Gasteiger partial charge in [-0.05, 0) is 17.5 Å². The van der Waals surface area contributed by atoms with E-state index in [2.05, 4.69) is 26.7 Å². The first-order valence-corrected chi connectivity index (χ1v) is 5.25. The molecule has 0 aliphatic rings. The van der Waals surface area contributed by atoms with Gasteiger partial charge in [-0.25, -0.2) is 0 Å². The number of thiophene rings is 1. The lowest BCUT2D eigenvalue weighted by molar-refractivity contribution is 0.420. The van der Waals surface area contributed by atoms with Crippen LogP contribution in [-0.4, -0.2) is 7.11 Å². The van der Waals surface area contributed by atoms with E-state index in [1.165, 1.54) is 10.8 Å². The molecule has 0 unspecified atom stereocenters. The van der Waals surface area contributed by atoms with Crippen molar-refractivity contribution in [3.8, 4) is 5.75 Å². The van der Waals surface area contributed by atoms with Gasteiger partial charge in [0.05, 0.1) is 7.11 Å². The third-order valence-electron chi connectivity index (χ3n) is 1.79. The Balaban J connectivity index is 2.82. The Morgan fingerprint density at radius 3 is 2.75 bits per heavy atom. The summed E-state index contributed by atoms with van der Waals surface area (Å²) in [5.41, 5.74) is 0. The van der Waals surface area contributed by atoms with Crippen LogP contribution in [0.1, 0.15) is 0 Å². The summed E-state index contributed by atoms with van der Waals surface area (Å²) in [6.45, 7) is 0. The lowest BCUT2D eigenvalue weighted by Crippen LogP contribution is -1.82. The quantitative estimate of drug-likeness (QED) is 0.742. The number of hydrogen-bond acceptors (Lipinski definition) is 2. The molecule has 0 radical (unpaired) electrons. The molecule has 12 heavy (non-hydrogen) atoms. The average molecular weight is 243 g/mol. The molecule has 1 aromatic heterocycles. The number of methoxy groups -OCH3 is 1. The molecule has 0 aliphatic heterocycles. The zero-order valence-corrected chi connectivity index (χ0v) is 8.91. The maximum Gasteiger partial charge on any atom is 0.127 e. The smallest absolute Gasteiger partial charge is 0.127 e. The van der Waals surface area contributed by atoms with Gasteiger partial charge in [0.25, 0.3) is 0 Å². The normalized spacial score (nSPS) is 10.5. The Morgan fingerprint density at radius 2 is 2.00 bits per heavy atom. The molecule has 1 aromatic carbocycles. The van der Waals surface area contributed by atoms with E-state index >= 15 is 0 Å². The first-order valence-electron chi connectivity index (χ1n) is 3.51. The van der Waals surface area contributed by atoms with Gasteiger partial charge in [0.2, 0.25) is 0 Å². The number of halogens is 1. The highest BCUT2D eigenvalue weighted by molar-refractivity contribution is 9.10. The molecule has 2 rings (SSSR count). The number of hydrogen-bond donors (Lipinski definition) is 0. The Kier molecular flexibility index (Phi) is 2.07. The van der Waals surface area contributed by atoms with Crippen molar-refractivity contribution in [2.24, 2.45) is 0 Å². The zero-order valence-electron chi connectivity index (χ0n) is 6.50. The molecule has 3 heteroatoms. The van der Waals surface area contributed by atoms with Crippen LogP contribution in [0.2, 0.25) is 0 Å². The summed E-state index contributed by atoms with van der Waals surface area (Å²) in [6.07, 6.45) is 0. The Hall–Kier alpha value is -0.540. The topological polar surface area (TPSA) is 9.23 Å². The van der Waals surface area contributed by atoms with Crippen molar-refractivity contribution >= 4 is 38.0 Å². The molecular formula is C9H7BrOS. The maximum absolute atomic E-state index is 5.23. The Morgan fingerprint density at radius 1 is 1.25 bits per heavy atom. The van der Waals surface area contributed by atoms with Crippen LogP contribution >= 0.6 is 27.3 Å². The highest BCUT2D eigenvalue weighted by Gasteiger charge is 2.04. The van der Waals surface area contributed by atoms with Crippen LogP contribution in [0.3, 0.4) is 0 Å². The van der Waals surface area contributed by atoms with Crippen molar-refractivity contribution in [2.45, 2.75) is 0 Å². The molecule has 0 N–H and O–H groups in total. The minimum Gasteiger partial charge on any atom is -0.496 e. The average Bonchev–Trinajstić information content (AvgIpc) is 2.54. The first-order chi connectivity index (χ1) is 5.83. The summed E-state index contributed by atoms with van der Waals surface area (Å²) in [4.78, 5) is 0. The second-order valence-electron chi connectivity index (χ2n) is 2.45. The molecule has 62 valence electrons. The van der Waals surface area contributed by atoms with Crippen LogP contribution in [0, 0.1) is 0 Å². The van der Waals surface area contributed by atoms with Crippen LogP contribution in [-0.2, 0) is 0 Å². The minimum atomic E-state index is 0.939.